The molecule has 0 aliphatic carbocycles. The summed E-state index contributed by atoms with van der Waals surface area (Å²) in [6.07, 6.45) is 7.63. The third kappa shape index (κ3) is 3.79. The van der Waals surface area contributed by atoms with E-state index in [0.29, 0.717) is 6.04 Å². The third-order valence-corrected chi connectivity index (χ3v) is 4.39. The van der Waals surface area contributed by atoms with Crippen LogP contribution in [0.5, 0.6) is 0 Å². The Balaban J connectivity index is 1.89. The summed E-state index contributed by atoms with van der Waals surface area (Å²) < 4.78 is 17.2. The lowest BCUT2D eigenvalue weighted by Gasteiger charge is -2.23. The highest BCUT2D eigenvalue weighted by molar-refractivity contribution is 5.27. The second kappa shape index (κ2) is 7.19. The molecule has 0 aliphatic rings. The van der Waals surface area contributed by atoms with Gasteiger partial charge in [-0.05, 0) is 38.5 Å². The van der Waals surface area contributed by atoms with Crippen molar-refractivity contribution in [2.24, 2.45) is 7.05 Å². The van der Waals surface area contributed by atoms with E-state index >= 15 is 0 Å². The Kier molecular flexibility index (Phi) is 4.99. The summed E-state index contributed by atoms with van der Waals surface area (Å²) in [5.74, 6) is 0.642. The van der Waals surface area contributed by atoms with Crippen LogP contribution in [-0.4, -0.2) is 19.3 Å². The largest absolute Gasteiger partial charge is 0.336 e. The smallest absolute Gasteiger partial charge is 0.130 e. The van der Waals surface area contributed by atoms with Crippen LogP contribution in [0.1, 0.15) is 55.8 Å². The fraction of sp³-hybridized carbons (Fsp3) is 0.368. The normalized spacial score (nSPS) is 14.0. The number of hydrogen-bond acceptors (Lipinski definition) is 3. The number of benzene rings is 1. The fourth-order valence-electron chi connectivity index (χ4n) is 2.84. The summed E-state index contributed by atoms with van der Waals surface area (Å²) in [4.78, 5) is 4.48. The first-order valence-electron chi connectivity index (χ1n) is 8.48. The Morgan fingerprint density at radius 3 is 2.36 bits per heavy atom. The monoisotopic (exact) mass is 341 g/mol. The quantitative estimate of drug-likeness (QED) is 0.742. The maximum atomic E-state index is 13.3. The van der Waals surface area contributed by atoms with E-state index in [1.54, 1.807) is 18.3 Å². The minimum Gasteiger partial charge on any atom is -0.336 e. The lowest BCUT2D eigenvalue weighted by molar-refractivity contribution is 0.486. The maximum absolute atomic E-state index is 13.3. The summed E-state index contributed by atoms with van der Waals surface area (Å²) >= 11 is 0. The number of rotatable bonds is 6. The van der Waals surface area contributed by atoms with E-state index in [1.807, 2.05) is 28.7 Å². The van der Waals surface area contributed by atoms with Crippen LogP contribution in [0.2, 0.25) is 0 Å². The van der Waals surface area contributed by atoms with Gasteiger partial charge in [0.25, 0.3) is 0 Å². The molecule has 0 aliphatic heterocycles. The molecule has 2 aromatic heterocycles. The van der Waals surface area contributed by atoms with Gasteiger partial charge >= 0.3 is 0 Å². The molecule has 0 saturated heterocycles. The van der Waals surface area contributed by atoms with Gasteiger partial charge < -0.3 is 4.57 Å². The average Bonchev–Trinajstić information content (AvgIpc) is 3.23. The molecule has 0 radical (unpaired) electrons. The highest BCUT2D eigenvalue weighted by Crippen LogP contribution is 2.25. The number of hydrogen-bond donors (Lipinski definition) is 1. The van der Waals surface area contributed by atoms with Gasteiger partial charge in [0.05, 0.1) is 12.2 Å². The third-order valence-electron chi connectivity index (χ3n) is 4.39. The van der Waals surface area contributed by atoms with Gasteiger partial charge in [-0.3, -0.25) is 10.00 Å². The van der Waals surface area contributed by atoms with Gasteiger partial charge in [0.2, 0.25) is 0 Å². The second-order valence-electron chi connectivity index (χ2n) is 6.62. The Morgan fingerprint density at radius 2 is 1.80 bits per heavy atom. The first kappa shape index (κ1) is 17.4. The standard InChI is InChI=1S/C19H24FN5/c1-13(2)25-12-16(11-22-25)14(3)23-18(19-21-9-10-24(19)4)15-5-7-17(20)8-6-15/h5-14,18,23H,1-4H3/t14-,18+/m1/s1. The minimum absolute atomic E-state index is 0.0688. The number of nitrogens with zero attached hydrogens (tertiary/aromatic N) is 4. The molecule has 0 spiro atoms. The van der Waals surface area contributed by atoms with Crippen LogP contribution >= 0.6 is 0 Å². The van der Waals surface area contributed by atoms with E-state index in [1.165, 1.54) is 12.1 Å². The average molecular weight is 341 g/mol. The Labute approximate surface area is 147 Å². The van der Waals surface area contributed by atoms with Crippen molar-refractivity contribution in [3.63, 3.8) is 0 Å². The summed E-state index contributed by atoms with van der Waals surface area (Å²) in [5.41, 5.74) is 2.08. The first-order chi connectivity index (χ1) is 12.0. The van der Waals surface area contributed by atoms with Gasteiger partial charge in [0, 0.05) is 43.3 Å². The van der Waals surface area contributed by atoms with E-state index in [-0.39, 0.29) is 17.9 Å². The molecule has 2 heterocycles. The van der Waals surface area contributed by atoms with Crippen LogP contribution in [0.25, 0.3) is 0 Å². The fourth-order valence-corrected chi connectivity index (χ4v) is 2.84. The van der Waals surface area contributed by atoms with E-state index in [9.17, 15) is 4.39 Å². The topological polar surface area (TPSA) is 47.7 Å². The van der Waals surface area contributed by atoms with Crippen LogP contribution in [0, 0.1) is 5.82 Å². The summed E-state index contributed by atoms with van der Waals surface area (Å²) in [5, 5.41) is 8.02. The van der Waals surface area contributed by atoms with E-state index in [2.05, 4.69) is 42.4 Å². The summed E-state index contributed by atoms with van der Waals surface area (Å²) in [6.45, 7) is 6.30. The SMILES string of the molecule is CC(C)n1cc([C@@H](C)N[C@@H](c2ccc(F)cc2)c2nccn2C)cn1. The molecule has 0 saturated carbocycles. The Bertz CT molecular complexity index is 818. The van der Waals surface area contributed by atoms with E-state index in [0.717, 1.165) is 17.0 Å². The van der Waals surface area contributed by atoms with Crippen molar-refractivity contribution < 1.29 is 4.39 Å². The molecule has 0 unspecified atom stereocenters. The number of nitrogens with one attached hydrogen (secondary N) is 1. The molecule has 2 atom stereocenters. The molecule has 5 nitrogen and oxygen atoms in total. The lowest BCUT2D eigenvalue weighted by atomic mass is 10.0. The van der Waals surface area contributed by atoms with Crippen molar-refractivity contribution >= 4 is 0 Å². The maximum Gasteiger partial charge on any atom is 0.130 e. The van der Waals surface area contributed by atoms with Crippen LogP contribution < -0.4 is 5.32 Å². The van der Waals surface area contributed by atoms with Gasteiger partial charge in [0.15, 0.2) is 0 Å². The molecule has 25 heavy (non-hydrogen) atoms. The zero-order chi connectivity index (χ0) is 18.0. The zero-order valence-electron chi connectivity index (χ0n) is 15.0. The molecule has 1 aromatic carbocycles. The van der Waals surface area contributed by atoms with Crippen LogP contribution in [0.3, 0.4) is 0 Å². The molecule has 0 bridgehead atoms. The molecule has 132 valence electrons. The number of aryl methyl sites for hydroxylation is 1. The highest BCUT2D eigenvalue weighted by Gasteiger charge is 2.22. The Hall–Kier alpha value is -2.47. The van der Waals surface area contributed by atoms with Crippen molar-refractivity contribution in [1.29, 1.82) is 0 Å². The summed E-state index contributed by atoms with van der Waals surface area (Å²) in [6, 6.07) is 6.81. The van der Waals surface area contributed by atoms with E-state index < -0.39 is 0 Å². The molecular weight excluding hydrogens is 317 g/mol. The number of halogens is 1. The molecule has 6 heteroatoms. The molecule has 0 fully saturated rings. The molecule has 3 aromatic rings. The van der Waals surface area contributed by atoms with Crippen molar-refractivity contribution in [2.45, 2.75) is 38.9 Å². The molecule has 3 rings (SSSR count). The number of imidazole rings is 1. The van der Waals surface area contributed by atoms with Gasteiger partial charge in [-0.1, -0.05) is 12.1 Å². The molecular formula is C19H24FN5. The lowest BCUT2D eigenvalue weighted by Crippen LogP contribution is -2.27. The molecule has 0 amide bonds. The van der Waals surface area contributed by atoms with Gasteiger partial charge in [-0.15, -0.1) is 0 Å². The van der Waals surface area contributed by atoms with Crippen LogP contribution in [0.15, 0.2) is 49.1 Å². The first-order valence-corrected chi connectivity index (χ1v) is 8.48. The van der Waals surface area contributed by atoms with Gasteiger partial charge in [-0.25, -0.2) is 9.37 Å². The van der Waals surface area contributed by atoms with Gasteiger partial charge in [-0.2, -0.15) is 5.10 Å². The predicted molar refractivity (Wildman–Crippen MR) is 95.6 cm³/mol. The van der Waals surface area contributed by atoms with Crippen molar-refractivity contribution in [1.82, 2.24) is 24.6 Å². The number of aromatic nitrogens is 4. The minimum atomic E-state index is -0.242. The van der Waals surface area contributed by atoms with Gasteiger partial charge in [0.1, 0.15) is 11.6 Å². The zero-order valence-corrected chi connectivity index (χ0v) is 15.0. The summed E-state index contributed by atoms with van der Waals surface area (Å²) in [7, 11) is 1.96. The van der Waals surface area contributed by atoms with Crippen molar-refractivity contribution in [3.05, 3.63) is 71.8 Å². The van der Waals surface area contributed by atoms with Crippen LogP contribution in [-0.2, 0) is 7.05 Å². The second-order valence-corrected chi connectivity index (χ2v) is 6.62. The molecule has 1 N–H and O–H groups in total. The van der Waals surface area contributed by atoms with Crippen molar-refractivity contribution in [3.8, 4) is 0 Å². The highest BCUT2D eigenvalue weighted by atomic mass is 19.1. The van der Waals surface area contributed by atoms with Crippen LogP contribution in [0.4, 0.5) is 4.39 Å². The predicted octanol–water partition coefficient (Wildman–Crippen LogP) is 3.78. The Morgan fingerprint density at radius 1 is 1.08 bits per heavy atom. The van der Waals surface area contributed by atoms with Crippen molar-refractivity contribution in [2.75, 3.05) is 0 Å². The van der Waals surface area contributed by atoms with E-state index in [4.69, 9.17) is 0 Å².